The molecule has 4 heteroatoms. The van der Waals surface area contributed by atoms with Crippen LogP contribution in [0.15, 0.2) is 23.1 Å². The number of carbonyl (C=O) groups is 1. The van der Waals surface area contributed by atoms with E-state index in [1.54, 1.807) is 0 Å². The minimum Gasteiger partial charge on any atom is -0.349 e. The predicted octanol–water partition coefficient (Wildman–Crippen LogP) is 4.43. The summed E-state index contributed by atoms with van der Waals surface area (Å²) in [5.74, 6) is 1.16. The summed E-state index contributed by atoms with van der Waals surface area (Å²) in [5.41, 5.74) is 1.18. The van der Waals surface area contributed by atoms with E-state index >= 15 is 0 Å². The first-order valence-corrected chi connectivity index (χ1v) is 7.93. The lowest BCUT2D eigenvalue weighted by molar-refractivity contribution is -0.123. The van der Waals surface area contributed by atoms with Crippen molar-refractivity contribution < 1.29 is 4.79 Å². The Balaban J connectivity index is 2.11. The Labute approximate surface area is 124 Å². The molecule has 0 radical (unpaired) electrons. The highest BCUT2D eigenvalue weighted by molar-refractivity contribution is 7.99. The SMILES string of the molecule is CC(C)(C)CC(=O)NC1CCSc2ccc(Cl)cc21. The molecule has 1 aromatic rings. The average Bonchev–Trinajstić information content (AvgIpc) is 2.27. The third kappa shape index (κ3) is 4.15. The topological polar surface area (TPSA) is 29.1 Å². The van der Waals surface area contributed by atoms with Crippen molar-refractivity contribution in [3.05, 3.63) is 28.8 Å². The van der Waals surface area contributed by atoms with Crippen LogP contribution in [0.4, 0.5) is 0 Å². The molecule has 0 saturated heterocycles. The maximum absolute atomic E-state index is 12.1. The van der Waals surface area contributed by atoms with E-state index in [4.69, 9.17) is 11.6 Å². The van der Waals surface area contributed by atoms with E-state index in [0.29, 0.717) is 6.42 Å². The minimum atomic E-state index is 0.0185. The molecule has 2 rings (SSSR count). The number of thioether (sulfide) groups is 1. The average molecular weight is 298 g/mol. The molecule has 1 aliphatic heterocycles. The van der Waals surface area contributed by atoms with Crippen molar-refractivity contribution in [2.45, 2.75) is 44.6 Å². The van der Waals surface area contributed by atoms with Gasteiger partial charge in [-0.05, 0) is 35.6 Å². The Bertz CT molecular complexity index is 482. The summed E-state index contributed by atoms with van der Waals surface area (Å²) in [6, 6.07) is 6.03. The quantitative estimate of drug-likeness (QED) is 0.875. The Morgan fingerprint density at radius 3 is 2.89 bits per heavy atom. The Morgan fingerprint density at radius 1 is 1.47 bits per heavy atom. The Hall–Kier alpha value is -0.670. The van der Waals surface area contributed by atoms with Gasteiger partial charge < -0.3 is 5.32 Å². The van der Waals surface area contributed by atoms with Gasteiger partial charge >= 0.3 is 0 Å². The van der Waals surface area contributed by atoms with Gasteiger partial charge in [0, 0.05) is 22.1 Å². The zero-order chi connectivity index (χ0) is 14.0. The zero-order valence-electron chi connectivity index (χ0n) is 11.6. The second-order valence-corrected chi connectivity index (χ2v) is 7.75. The lowest BCUT2D eigenvalue weighted by Gasteiger charge is -2.27. The second-order valence-electron chi connectivity index (χ2n) is 6.18. The van der Waals surface area contributed by atoms with Gasteiger partial charge in [0.2, 0.25) is 5.91 Å². The van der Waals surface area contributed by atoms with Gasteiger partial charge in [0.1, 0.15) is 0 Å². The van der Waals surface area contributed by atoms with Crippen molar-refractivity contribution in [2.24, 2.45) is 5.41 Å². The monoisotopic (exact) mass is 297 g/mol. The van der Waals surface area contributed by atoms with Gasteiger partial charge in [-0.3, -0.25) is 4.79 Å². The Morgan fingerprint density at radius 2 is 2.21 bits per heavy atom. The van der Waals surface area contributed by atoms with Crippen LogP contribution in [0.2, 0.25) is 5.02 Å². The van der Waals surface area contributed by atoms with Crippen molar-refractivity contribution in [3.8, 4) is 0 Å². The molecule has 1 heterocycles. The molecule has 1 aromatic carbocycles. The molecular formula is C15H20ClNOS. The van der Waals surface area contributed by atoms with E-state index in [9.17, 15) is 4.79 Å². The third-order valence-electron chi connectivity index (χ3n) is 3.04. The van der Waals surface area contributed by atoms with Crippen LogP contribution in [0.25, 0.3) is 0 Å². The first-order chi connectivity index (χ1) is 8.85. The molecule has 1 N–H and O–H groups in total. The smallest absolute Gasteiger partial charge is 0.221 e. The maximum atomic E-state index is 12.1. The molecule has 19 heavy (non-hydrogen) atoms. The van der Waals surface area contributed by atoms with Gasteiger partial charge in [-0.25, -0.2) is 0 Å². The molecule has 0 aliphatic carbocycles. The number of amides is 1. The molecule has 1 aliphatic rings. The van der Waals surface area contributed by atoms with Crippen LogP contribution in [0.5, 0.6) is 0 Å². The van der Waals surface area contributed by atoms with Gasteiger partial charge in [0.15, 0.2) is 0 Å². The van der Waals surface area contributed by atoms with Crippen LogP contribution in [0.3, 0.4) is 0 Å². The summed E-state index contributed by atoms with van der Waals surface area (Å²) < 4.78 is 0. The molecule has 0 saturated carbocycles. The normalized spacial score (nSPS) is 18.8. The molecule has 1 unspecified atom stereocenters. The lowest BCUT2D eigenvalue weighted by Crippen LogP contribution is -2.33. The predicted molar refractivity (Wildman–Crippen MR) is 81.7 cm³/mol. The summed E-state index contributed by atoms with van der Waals surface area (Å²) in [6.07, 6.45) is 1.51. The van der Waals surface area contributed by atoms with Crippen LogP contribution in [0, 0.1) is 5.41 Å². The highest BCUT2D eigenvalue weighted by atomic mass is 35.5. The molecule has 0 bridgehead atoms. The van der Waals surface area contributed by atoms with E-state index in [1.165, 1.54) is 4.90 Å². The highest BCUT2D eigenvalue weighted by Gasteiger charge is 2.24. The van der Waals surface area contributed by atoms with Crippen molar-refractivity contribution in [1.29, 1.82) is 0 Å². The molecule has 0 aromatic heterocycles. The van der Waals surface area contributed by atoms with Gasteiger partial charge in [0.05, 0.1) is 6.04 Å². The van der Waals surface area contributed by atoms with Gasteiger partial charge in [-0.1, -0.05) is 32.4 Å². The van der Waals surface area contributed by atoms with Crippen molar-refractivity contribution >= 4 is 29.3 Å². The van der Waals surface area contributed by atoms with Gasteiger partial charge in [-0.15, -0.1) is 11.8 Å². The fraction of sp³-hybridized carbons (Fsp3) is 0.533. The number of benzene rings is 1. The van der Waals surface area contributed by atoms with Crippen LogP contribution in [-0.2, 0) is 4.79 Å². The van der Waals surface area contributed by atoms with Crippen molar-refractivity contribution in [2.75, 3.05) is 5.75 Å². The zero-order valence-corrected chi connectivity index (χ0v) is 13.2. The fourth-order valence-electron chi connectivity index (χ4n) is 2.24. The maximum Gasteiger partial charge on any atom is 0.221 e. The summed E-state index contributed by atoms with van der Waals surface area (Å²) in [5, 5.41) is 3.88. The molecule has 104 valence electrons. The molecule has 0 fully saturated rings. The molecule has 0 spiro atoms. The minimum absolute atomic E-state index is 0.0185. The lowest BCUT2D eigenvalue weighted by atomic mass is 9.91. The largest absolute Gasteiger partial charge is 0.349 e. The van der Waals surface area contributed by atoms with E-state index in [1.807, 2.05) is 30.0 Å². The van der Waals surface area contributed by atoms with Crippen LogP contribution in [0.1, 0.15) is 45.2 Å². The summed E-state index contributed by atoms with van der Waals surface area (Å²) in [6.45, 7) is 6.23. The van der Waals surface area contributed by atoms with Crippen LogP contribution < -0.4 is 5.32 Å². The highest BCUT2D eigenvalue weighted by Crippen LogP contribution is 2.37. The number of rotatable bonds is 2. The van der Waals surface area contributed by atoms with Crippen molar-refractivity contribution in [1.82, 2.24) is 5.32 Å². The van der Waals surface area contributed by atoms with Crippen LogP contribution >= 0.6 is 23.4 Å². The van der Waals surface area contributed by atoms with Crippen LogP contribution in [-0.4, -0.2) is 11.7 Å². The molecular weight excluding hydrogens is 278 g/mol. The summed E-state index contributed by atoms with van der Waals surface area (Å²) in [4.78, 5) is 13.3. The van der Waals surface area contributed by atoms with E-state index in [0.717, 1.165) is 22.8 Å². The first-order valence-electron chi connectivity index (χ1n) is 6.57. The molecule has 1 atom stereocenters. The number of hydrogen-bond donors (Lipinski definition) is 1. The second kappa shape index (κ2) is 5.76. The van der Waals surface area contributed by atoms with E-state index in [-0.39, 0.29) is 17.4 Å². The molecule has 2 nitrogen and oxygen atoms in total. The van der Waals surface area contributed by atoms with E-state index in [2.05, 4.69) is 26.1 Å². The Kier molecular flexibility index (Phi) is 4.46. The summed E-state index contributed by atoms with van der Waals surface area (Å²) >= 11 is 7.89. The number of hydrogen-bond acceptors (Lipinski definition) is 2. The van der Waals surface area contributed by atoms with Gasteiger partial charge in [-0.2, -0.15) is 0 Å². The first kappa shape index (κ1) is 14.7. The van der Waals surface area contributed by atoms with Gasteiger partial charge in [0.25, 0.3) is 0 Å². The number of nitrogens with one attached hydrogen (secondary N) is 1. The fourth-order valence-corrected chi connectivity index (χ4v) is 3.53. The van der Waals surface area contributed by atoms with E-state index < -0.39 is 0 Å². The third-order valence-corrected chi connectivity index (χ3v) is 4.40. The number of fused-ring (bicyclic) bond motifs is 1. The van der Waals surface area contributed by atoms with Crippen molar-refractivity contribution in [3.63, 3.8) is 0 Å². The molecule has 1 amide bonds. The standard InChI is InChI=1S/C15H20ClNOS/c1-15(2,3)9-14(18)17-12-6-7-19-13-5-4-10(16)8-11(12)13/h4-5,8,12H,6-7,9H2,1-3H3,(H,17,18). The number of carbonyl (C=O) groups excluding carboxylic acids is 1. The summed E-state index contributed by atoms with van der Waals surface area (Å²) in [7, 11) is 0. The number of halogens is 1.